The summed E-state index contributed by atoms with van der Waals surface area (Å²) in [7, 11) is 5.24. The fourth-order valence-corrected chi connectivity index (χ4v) is 7.28. The molecule has 0 aromatic carbocycles. The second-order valence-corrected chi connectivity index (χ2v) is 15.5. The van der Waals surface area contributed by atoms with Crippen molar-refractivity contribution in [1.82, 2.24) is 20.9 Å². The van der Waals surface area contributed by atoms with E-state index in [2.05, 4.69) is 16.0 Å². The first-order chi connectivity index (χ1) is 23.7. The molecule has 2 fully saturated rings. The van der Waals surface area contributed by atoms with E-state index in [0.717, 1.165) is 0 Å². The van der Waals surface area contributed by atoms with E-state index in [-0.39, 0.29) is 49.0 Å². The summed E-state index contributed by atoms with van der Waals surface area (Å²) in [5.41, 5.74) is 3.12. The summed E-state index contributed by atoms with van der Waals surface area (Å²) < 4.78 is 30.6. The Labute approximate surface area is 304 Å². The minimum absolute atomic E-state index is 0.0135. The lowest BCUT2D eigenvalue weighted by molar-refractivity contribution is -0.296. The van der Waals surface area contributed by atoms with Gasteiger partial charge in [-0.15, -0.1) is 0 Å². The van der Waals surface area contributed by atoms with Gasteiger partial charge in [0.05, 0.1) is 24.4 Å². The third-order valence-electron chi connectivity index (χ3n) is 10.8. The van der Waals surface area contributed by atoms with Crippen LogP contribution in [0.15, 0.2) is 0 Å². The topological polar surface area (TPSA) is 200 Å². The highest BCUT2D eigenvalue weighted by Crippen LogP contribution is 2.37. The molecule has 0 saturated carbocycles. The summed E-state index contributed by atoms with van der Waals surface area (Å²) in [6, 6.07) is -0.442. The highest BCUT2D eigenvalue weighted by molar-refractivity contribution is 5.97. The minimum atomic E-state index is -1.29. The molecule has 0 aromatic heterocycles. The van der Waals surface area contributed by atoms with Crippen LogP contribution in [0.3, 0.4) is 0 Å². The molecule has 2 aliphatic heterocycles. The number of nitrogens with zero attached hydrogens (tertiary/aromatic N) is 1. The fraction of sp³-hybridized carbons (Fsp3) is 0.889. The highest BCUT2D eigenvalue weighted by atomic mass is 16.7. The number of ketones is 1. The summed E-state index contributed by atoms with van der Waals surface area (Å²) in [5, 5.41) is 21.1. The number of methoxy groups -OCH3 is 1. The molecule has 6 N–H and O–H groups in total. The number of hydrogen-bond donors (Lipinski definition) is 5. The molecule has 0 bridgehead atoms. The Hall–Kier alpha value is -2.40. The van der Waals surface area contributed by atoms with Crippen LogP contribution in [-0.2, 0) is 38.1 Å². The molecule has 0 aliphatic carbocycles. The Morgan fingerprint density at radius 1 is 1.16 bits per heavy atom. The number of carbonyl (C=O) groups is 4. The molecule has 0 aromatic rings. The number of likely N-dealkylation sites (N-methyl/N-ethyl adjacent to an activating group) is 1. The molecule has 15 nitrogen and oxygen atoms in total. The quantitative estimate of drug-likeness (QED) is 0.152. The maximum absolute atomic E-state index is 13.9. The minimum Gasteiger partial charge on any atom is -0.458 e. The third kappa shape index (κ3) is 12.3. The van der Waals surface area contributed by atoms with Gasteiger partial charge in [0.15, 0.2) is 11.9 Å². The molecule has 51 heavy (non-hydrogen) atoms. The molecule has 15 heteroatoms. The number of nitrogens with two attached hydrogens (primary N) is 1. The zero-order valence-electron chi connectivity index (χ0n) is 32.9. The Morgan fingerprint density at radius 3 is 2.35 bits per heavy atom. The van der Waals surface area contributed by atoms with E-state index in [0.29, 0.717) is 25.8 Å². The van der Waals surface area contributed by atoms with Crippen molar-refractivity contribution in [2.75, 3.05) is 40.8 Å². The number of esters is 1. The predicted octanol–water partition coefficient (Wildman–Crippen LogP) is 1.72. The van der Waals surface area contributed by atoms with Crippen LogP contribution < -0.4 is 21.7 Å². The van der Waals surface area contributed by atoms with Crippen molar-refractivity contribution in [3.63, 3.8) is 0 Å². The van der Waals surface area contributed by atoms with Crippen LogP contribution in [0, 0.1) is 17.8 Å². The molecular weight excluding hydrogens is 662 g/mol. The smallest absolute Gasteiger partial charge is 0.405 e. The van der Waals surface area contributed by atoms with Gasteiger partial charge in [0.25, 0.3) is 0 Å². The molecule has 0 spiro atoms. The number of cyclic esters (lactones) is 1. The zero-order valence-corrected chi connectivity index (χ0v) is 32.9. The number of ether oxygens (including phenoxy) is 5. The van der Waals surface area contributed by atoms with Gasteiger partial charge in [-0.05, 0) is 66.6 Å². The van der Waals surface area contributed by atoms with E-state index in [4.69, 9.17) is 29.4 Å². The van der Waals surface area contributed by atoms with Gasteiger partial charge in [0.1, 0.15) is 24.4 Å². The van der Waals surface area contributed by atoms with Crippen molar-refractivity contribution < 1.29 is 48.0 Å². The fourth-order valence-electron chi connectivity index (χ4n) is 7.28. The lowest BCUT2D eigenvalue weighted by atomic mass is 9.79. The molecule has 2 amide bonds. The standard InChI is InChI=1S/C36H67N5O10/c1-13-28-36(9,51-34(37)46)23(6)24(7)39-17-21(4)16-35(8,47-12)32(22(5)27(42)15-30(44)49-28)50-33-31(45)26(41(10)11)14-25(48-33)18-40-29(43)19-38-20(2)3/h20-26,28,31-33,38-39,45H,13-19H2,1-12H3,(H2,37,46)(H,40,43)/t21-,22+,23-,24-,25?,26?,28-,31?,32-,33+,35-,36+/m1/s1. The molecule has 12 atom stereocenters. The summed E-state index contributed by atoms with van der Waals surface area (Å²) in [6.45, 7) is 17.7. The summed E-state index contributed by atoms with van der Waals surface area (Å²) in [4.78, 5) is 53.8. The van der Waals surface area contributed by atoms with Crippen LogP contribution in [0.1, 0.15) is 88.0 Å². The maximum atomic E-state index is 13.9. The van der Waals surface area contributed by atoms with Crippen LogP contribution in [0.25, 0.3) is 0 Å². The summed E-state index contributed by atoms with van der Waals surface area (Å²) >= 11 is 0. The molecule has 3 unspecified atom stereocenters. The first kappa shape index (κ1) is 44.8. The Bertz CT molecular complexity index is 1160. The van der Waals surface area contributed by atoms with E-state index >= 15 is 0 Å². The number of nitrogens with one attached hydrogen (secondary N) is 3. The van der Waals surface area contributed by atoms with Gasteiger partial charge in [-0.25, -0.2) is 4.79 Å². The Kier molecular flexibility index (Phi) is 17.2. The number of aliphatic hydroxyl groups excluding tert-OH is 1. The van der Waals surface area contributed by atoms with Gasteiger partial charge in [-0.1, -0.05) is 41.5 Å². The monoisotopic (exact) mass is 729 g/mol. The van der Waals surface area contributed by atoms with Crippen LogP contribution in [0.5, 0.6) is 0 Å². The molecule has 296 valence electrons. The number of rotatable bonds is 11. The SMILES string of the molecule is CC[C@H]1OC(=O)CC(=O)[C@H](C)[C@@H](O[C@@H]2OC(CNC(=O)CNC(C)C)CC(N(C)C)C2O)[C@](C)(OC)C[C@@H](C)CN[C@H](C)[C@@H](C)[C@]1(C)OC(N)=O. The largest absolute Gasteiger partial charge is 0.458 e. The van der Waals surface area contributed by atoms with E-state index in [1.54, 1.807) is 27.9 Å². The average molecular weight is 730 g/mol. The van der Waals surface area contributed by atoms with Gasteiger partial charge in [-0.2, -0.15) is 0 Å². The predicted molar refractivity (Wildman–Crippen MR) is 192 cm³/mol. The summed E-state index contributed by atoms with van der Waals surface area (Å²) in [5.74, 6) is -2.70. The van der Waals surface area contributed by atoms with Crippen molar-refractivity contribution in [1.29, 1.82) is 0 Å². The zero-order chi connectivity index (χ0) is 38.8. The van der Waals surface area contributed by atoms with Crippen molar-refractivity contribution >= 4 is 23.8 Å². The van der Waals surface area contributed by atoms with Crippen LogP contribution >= 0.6 is 0 Å². The highest BCUT2D eigenvalue weighted by Gasteiger charge is 2.50. The van der Waals surface area contributed by atoms with E-state index in [1.807, 2.05) is 60.5 Å². The number of Topliss-reactive ketones (excluding diaryl/α,β-unsaturated/α-hetero) is 1. The van der Waals surface area contributed by atoms with E-state index < -0.39 is 72.1 Å². The first-order valence-electron chi connectivity index (χ1n) is 18.3. The van der Waals surface area contributed by atoms with Gasteiger partial charge >= 0.3 is 12.1 Å². The lowest BCUT2D eigenvalue weighted by Crippen LogP contribution is -2.60. The molecule has 0 radical (unpaired) electrons. The van der Waals surface area contributed by atoms with Crippen molar-refractivity contribution in [3.05, 3.63) is 0 Å². The van der Waals surface area contributed by atoms with Gasteiger partial charge in [-0.3, -0.25) is 14.4 Å². The normalized spacial score (nSPS) is 37.7. The third-order valence-corrected chi connectivity index (χ3v) is 10.8. The van der Waals surface area contributed by atoms with Gasteiger partial charge in [0, 0.05) is 43.6 Å². The van der Waals surface area contributed by atoms with Crippen molar-refractivity contribution in [3.8, 4) is 0 Å². The van der Waals surface area contributed by atoms with Crippen LogP contribution in [0.2, 0.25) is 0 Å². The van der Waals surface area contributed by atoms with Crippen molar-refractivity contribution in [2.24, 2.45) is 23.5 Å². The number of primary amides is 1. The molecule has 2 aliphatic rings. The number of hydrogen-bond acceptors (Lipinski definition) is 13. The van der Waals surface area contributed by atoms with E-state index in [9.17, 15) is 24.3 Å². The molecular formula is C36H67N5O10. The first-order valence-corrected chi connectivity index (χ1v) is 18.3. The second kappa shape index (κ2) is 19.6. The molecule has 2 saturated heterocycles. The van der Waals surface area contributed by atoms with Crippen molar-refractivity contribution in [2.45, 2.75) is 148 Å². The number of carbonyl (C=O) groups excluding carboxylic acids is 4. The Morgan fingerprint density at radius 2 is 1.80 bits per heavy atom. The molecule has 2 rings (SSSR count). The maximum Gasteiger partial charge on any atom is 0.405 e. The Balaban J connectivity index is 2.49. The van der Waals surface area contributed by atoms with Crippen LogP contribution in [-0.4, -0.2) is 135 Å². The lowest BCUT2D eigenvalue weighted by Gasteiger charge is -2.47. The second-order valence-electron chi connectivity index (χ2n) is 15.5. The van der Waals surface area contributed by atoms with Crippen LogP contribution in [0.4, 0.5) is 4.79 Å². The number of aliphatic hydroxyl groups is 1. The van der Waals surface area contributed by atoms with Gasteiger partial charge in [0.2, 0.25) is 5.91 Å². The van der Waals surface area contributed by atoms with Gasteiger partial charge < -0.3 is 55.4 Å². The average Bonchev–Trinajstić information content (AvgIpc) is 3.05. The van der Waals surface area contributed by atoms with E-state index in [1.165, 1.54) is 0 Å². The summed E-state index contributed by atoms with van der Waals surface area (Å²) in [6.07, 6.45) is -5.04. The number of amides is 2. The molecule has 2 heterocycles.